The Balaban J connectivity index is 2.17. The van der Waals surface area contributed by atoms with Crippen molar-refractivity contribution in [3.8, 4) is 0 Å². The van der Waals surface area contributed by atoms with Crippen molar-refractivity contribution in [2.75, 3.05) is 0 Å². The third-order valence-corrected chi connectivity index (χ3v) is 4.36. The van der Waals surface area contributed by atoms with Crippen LogP contribution in [0.1, 0.15) is 25.3 Å². The van der Waals surface area contributed by atoms with Gasteiger partial charge in [-0.05, 0) is 22.4 Å². The second-order valence-corrected chi connectivity index (χ2v) is 5.83. The number of carbonyl (C=O) groups is 1. The molecule has 1 aromatic heterocycles. The molecule has 0 radical (unpaired) electrons. The molecule has 1 fully saturated rings. The number of fused-ring (bicyclic) bond motifs is 1. The fourth-order valence-electron chi connectivity index (χ4n) is 3.32. The van der Waals surface area contributed by atoms with Gasteiger partial charge in [0.2, 0.25) is 0 Å². The molecular formula is C15H17NO2. The van der Waals surface area contributed by atoms with Gasteiger partial charge in [0, 0.05) is 19.2 Å². The molecule has 1 saturated carbocycles. The first-order valence-electron chi connectivity index (χ1n) is 6.21. The highest BCUT2D eigenvalue weighted by Crippen LogP contribution is 2.65. The van der Waals surface area contributed by atoms with E-state index in [-0.39, 0.29) is 17.3 Å². The van der Waals surface area contributed by atoms with Crippen LogP contribution in [-0.4, -0.2) is 15.6 Å². The molecule has 2 atom stereocenters. The largest absolute Gasteiger partial charge is 0.481 e. The number of aryl methyl sites for hydroxylation is 1. The fraction of sp³-hybridized carbons (Fsp3) is 0.400. The lowest BCUT2D eigenvalue weighted by Crippen LogP contribution is -2.03. The highest BCUT2D eigenvalue weighted by molar-refractivity contribution is 5.87. The summed E-state index contributed by atoms with van der Waals surface area (Å²) in [6, 6.07) is 8.23. The van der Waals surface area contributed by atoms with Gasteiger partial charge < -0.3 is 9.67 Å². The number of aliphatic carboxylic acids is 1. The summed E-state index contributed by atoms with van der Waals surface area (Å²) in [5.74, 6) is -0.832. The van der Waals surface area contributed by atoms with E-state index >= 15 is 0 Å². The maximum atomic E-state index is 11.3. The average Bonchev–Trinajstić information content (AvgIpc) is 2.67. The highest BCUT2D eigenvalue weighted by atomic mass is 16.4. The molecule has 1 aliphatic carbocycles. The second-order valence-electron chi connectivity index (χ2n) is 5.83. The smallest absolute Gasteiger partial charge is 0.307 e. The molecule has 1 N–H and O–H groups in total. The molecule has 3 rings (SSSR count). The monoisotopic (exact) mass is 243 g/mol. The van der Waals surface area contributed by atoms with Crippen LogP contribution in [0.25, 0.3) is 10.9 Å². The van der Waals surface area contributed by atoms with Crippen molar-refractivity contribution in [1.82, 2.24) is 4.57 Å². The van der Waals surface area contributed by atoms with Gasteiger partial charge in [0.1, 0.15) is 0 Å². The van der Waals surface area contributed by atoms with Crippen LogP contribution in [0.3, 0.4) is 0 Å². The van der Waals surface area contributed by atoms with Crippen molar-refractivity contribution >= 4 is 16.9 Å². The third kappa shape index (κ3) is 1.33. The summed E-state index contributed by atoms with van der Waals surface area (Å²) in [5, 5.41) is 10.5. The molecule has 0 spiro atoms. The summed E-state index contributed by atoms with van der Waals surface area (Å²) in [6.45, 7) is 4.08. The van der Waals surface area contributed by atoms with Crippen LogP contribution in [0.2, 0.25) is 0 Å². The van der Waals surface area contributed by atoms with Gasteiger partial charge in [0.05, 0.1) is 11.4 Å². The Morgan fingerprint density at radius 2 is 2.06 bits per heavy atom. The van der Waals surface area contributed by atoms with Crippen molar-refractivity contribution in [2.24, 2.45) is 18.4 Å². The molecule has 0 aliphatic heterocycles. The molecule has 0 unspecified atom stereocenters. The van der Waals surface area contributed by atoms with E-state index in [4.69, 9.17) is 0 Å². The minimum atomic E-state index is -0.684. The summed E-state index contributed by atoms with van der Waals surface area (Å²) in [7, 11) is 2.01. The van der Waals surface area contributed by atoms with E-state index in [1.54, 1.807) is 0 Å². The lowest BCUT2D eigenvalue weighted by atomic mass is 10.0. The SMILES string of the molecule is Cn1ccc2cccc([C@H]3[C@H](C(=O)O)C3(C)C)c21. The number of rotatable bonds is 2. The first kappa shape index (κ1) is 11.3. The van der Waals surface area contributed by atoms with Crippen molar-refractivity contribution in [2.45, 2.75) is 19.8 Å². The summed E-state index contributed by atoms with van der Waals surface area (Å²) >= 11 is 0. The van der Waals surface area contributed by atoms with Crippen LogP contribution < -0.4 is 0 Å². The Labute approximate surface area is 106 Å². The predicted octanol–water partition coefficient (Wildman–Crippen LogP) is 3.00. The van der Waals surface area contributed by atoms with E-state index in [0.29, 0.717) is 0 Å². The number of aromatic nitrogens is 1. The quantitative estimate of drug-likeness (QED) is 0.881. The molecule has 94 valence electrons. The summed E-state index contributed by atoms with van der Waals surface area (Å²) in [5.41, 5.74) is 2.18. The molecule has 1 aromatic carbocycles. The van der Waals surface area contributed by atoms with Gasteiger partial charge in [-0.15, -0.1) is 0 Å². The molecule has 3 nitrogen and oxygen atoms in total. The second kappa shape index (κ2) is 3.37. The van der Waals surface area contributed by atoms with Crippen LogP contribution in [-0.2, 0) is 11.8 Å². The van der Waals surface area contributed by atoms with Crippen molar-refractivity contribution < 1.29 is 9.90 Å². The van der Waals surface area contributed by atoms with Crippen LogP contribution in [0.15, 0.2) is 30.5 Å². The van der Waals surface area contributed by atoms with Gasteiger partial charge in [-0.3, -0.25) is 4.79 Å². The normalized spacial score (nSPS) is 25.3. The van der Waals surface area contributed by atoms with Crippen LogP contribution in [0, 0.1) is 11.3 Å². The zero-order chi connectivity index (χ0) is 13.1. The van der Waals surface area contributed by atoms with Gasteiger partial charge in [-0.2, -0.15) is 0 Å². The summed E-state index contributed by atoms with van der Waals surface area (Å²) in [4.78, 5) is 11.3. The minimum Gasteiger partial charge on any atom is -0.481 e. The molecule has 0 amide bonds. The molecule has 0 bridgehead atoms. The molecule has 3 heteroatoms. The Hall–Kier alpha value is -1.77. The first-order valence-corrected chi connectivity index (χ1v) is 6.21. The molecule has 18 heavy (non-hydrogen) atoms. The van der Waals surface area contributed by atoms with E-state index in [1.807, 2.05) is 33.2 Å². The maximum Gasteiger partial charge on any atom is 0.307 e. The number of nitrogens with zero attached hydrogens (tertiary/aromatic N) is 1. The van der Waals surface area contributed by atoms with Crippen molar-refractivity contribution in [3.63, 3.8) is 0 Å². The van der Waals surface area contributed by atoms with E-state index in [2.05, 4.69) is 22.8 Å². The van der Waals surface area contributed by atoms with Crippen LogP contribution >= 0.6 is 0 Å². The van der Waals surface area contributed by atoms with E-state index in [0.717, 1.165) is 5.56 Å². The van der Waals surface area contributed by atoms with Crippen molar-refractivity contribution in [3.05, 3.63) is 36.0 Å². The highest BCUT2D eigenvalue weighted by Gasteiger charge is 2.63. The third-order valence-electron chi connectivity index (χ3n) is 4.36. The zero-order valence-electron chi connectivity index (χ0n) is 10.8. The summed E-state index contributed by atoms with van der Waals surface area (Å²) in [6.07, 6.45) is 2.03. The van der Waals surface area contributed by atoms with Crippen LogP contribution in [0.5, 0.6) is 0 Å². The van der Waals surface area contributed by atoms with Gasteiger partial charge in [-0.1, -0.05) is 32.0 Å². The molecule has 1 aliphatic rings. The van der Waals surface area contributed by atoms with Gasteiger partial charge in [-0.25, -0.2) is 0 Å². The Morgan fingerprint density at radius 3 is 2.67 bits per heavy atom. The standard InChI is InChI=1S/C15H17NO2/c1-15(2)11(12(15)14(17)18)10-6-4-5-9-7-8-16(3)13(9)10/h4-8,11-12H,1-3H3,(H,17,18)/t11-,12+/m0/s1. The lowest BCUT2D eigenvalue weighted by molar-refractivity contribution is -0.139. The first-order chi connectivity index (χ1) is 8.44. The lowest BCUT2D eigenvalue weighted by Gasteiger charge is -2.07. The minimum absolute atomic E-state index is 0.118. The fourth-order valence-corrected chi connectivity index (χ4v) is 3.32. The predicted molar refractivity (Wildman–Crippen MR) is 70.6 cm³/mol. The molecule has 1 heterocycles. The van der Waals surface area contributed by atoms with E-state index in [1.165, 1.54) is 10.9 Å². The Morgan fingerprint density at radius 1 is 1.33 bits per heavy atom. The summed E-state index contributed by atoms with van der Waals surface area (Å²) < 4.78 is 2.08. The molecular weight excluding hydrogens is 226 g/mol. The Kier molecular flexibility index (Phi) is 2.12. The number of hydrogen-bond donors (Lipinski definition) is 1. The topological polar surface area (TPSA) is 42.2 Å². The van der Waals surface area contributed by atoms with Gasteiger partial charge in [0.25, 0.3) is 0 Å². The number of benzene rings is 1. The number of para-hydroxylation sites is 1. The molecule has 2 aromatic rings. The van der Waals surface area contributed by atoms with Crippen molar-refractivity contribution in [1.29, 1.82) is 0 Å². The Bertz CT molecular complexity index is 639. The molecule has 0 saturated heterocycles. The zero-order valence-corrected chi connectivity index (χ0v) is 10.8. The van der Waals surface area contributed by atoms with Gasteiger partial charge in [0.15, 0.2) is 0 Å². The average molecular weight is 243 g/mol. The van der Waals surface area contributed by atoms with Gasteiger partial charge >= 0.3 is 5.97 Å². The number of hydrogen-bond acceptors (Lipinski definition) is 1. The number of carboxylic acid groups (broad SMARTS) is 1. The maximum absolute atomic E-state index is 11.3. The number of carboxylic acids is 1. The van der Waals surface area contributed by atoms with E-state index < -0.39 is 5.97 Å². The van der Waals surface area contributed by atoms with E-state index in [9.17, 15) is 9.90 Å². The van der Waals surface area contributed by atoms with Crippen LogP contribution in [0.4, 0.5) is 0 Å².